The SMILES string of the molecule is CNC1CCC(N(Cc2cc(-c3ccncc3F)ccc2OC)C(=O)C2=C(Cl)c3c(F)cccc3C2)CC1. The second kappa shape index (κ2) is 11.2. The molecule has 0 aliphatic heterocycles. The molecule has 2 aliphatic rings. The lowest BCUT2D eigenvalue weighted by Gasteiger charge is -2.37. The lowest BCUT2D eigenvalue weighted by Crippen LogP contribution is -2.45. The van der Waals surface area contributed by atoms with Crippen LogP contribution in [0.3, 0.4) is 0 Å². The van der Waals surface area contributed by atoms with Gasteiger partial charge >= 0.3 is 0 Å². The van der Waals surface area contributed by atoms with E-state index in [0.29, 0.717) is 39.6 Å². The average Bonchev–Trinajstić information content (AvgIpc) is 3.29. The van der Waals surface area contributed by atoms with E-state index < -0.39 is 11.6 Å². The standard InChI is InChI=1S/C30H30ClF2N3O2/c1-34-21-7-9-22(10-8-21)36(30(37)24-15-19-4-3-5-25(32)28(19)29(24)31)17-20-14-18(6-11-27(20)38-2)23-12-13-35-16-26(23)33/h3-6,11-14,16,21-22,34H,7-10,15,17H2,1-2H3. The molecular weight excluding hydrogens is 508 g/mol. The average molecular weight is 538 g/mol. The fraction of sp³-hybridized carbons (Fsp3) is 0.333. The van der Waals surface area contributed by atoms with Crippen LogP contribution >= 0.6 is 11.6 Å². The Labute approximate surface area is 226 Å². The number of pyridine rings is 1. The maximum Gasteiger partial charge on any atom is 0.252 e. The van der Waals surface area contributed by atoms with E-state index in [1.165, 1.54) is 12.3 Å². The van der Waals surface area contributed by atoms with Gasteiger partial charge in [0.2, 0.25) is 0 Å². The minimum atomic E-state index is -0.426. The van der Waals surface area contributed by atoms with E-state index in [-0.39, 0.29) is 29.9 Å². The minimum Gasteiger partial charge on any atom is -0.496 e. The van der Waals surface area contributed by atoms with Crippen molar-refractivity contribution in [3.63, 3.8) is 0 Å². The predicted octanol–water partition coefficient (Wildman–Crippen LogP) is 6.10. The molecule has 5 nitrogen and oxygen atoms in total. The molecule has 1 heterocycles. The van der Waals surface area contributed by atoms with Gasteiger partial charge in [-0.3, -0.25) is 9.78 Å². The molecule has 1 fully saturated rings. The highest BCUT2D eigenvalue weighted by atomic mass is 35.5. The zero-order chi connectivity index (χ0) is 26.8. The first-order valence-corrected chi connectivity index (χ1v) is 13.2. The molecule has 3 aromatic rings. The monoisotopic (exact) mass is 537 g/mol. The van der Waals surface area contributed by atoms with E-state index in [1.807, 2.05) is 18.0 Å². The van der Waals surface area contributed by atoms with E-state index >= 15 is 0 Å². The lowest BCUT2D eigenvalue weighted by molar-refractivity contribution is -0.130. The van der Waals surface area contributed by atoms with Crippen molar-refractivity contribution >= 4 is 22.5 Å². The third-order valence-electron chi connectivity index (χ3n) is 7.72. The second-order valence-electron chi connectivity index (χ2n) is 9.85. The first-order valence-electron chi connectivity index (χ1n) is 12.8. The number of hydrogen-bond acceptors (Lipinski definition) is 4. The number of nitrogens with zero attached hydrogens (tertiary/aromatic N) is 2. The number of amides is 1. The molecule has 0 radical (unpaired) electrons. The molecule has 0 saturated heterocycles. The van der Waals surface area contributed by atoms with Crippen LogP contribution in [0.25, 0.3) is 16.2 Å². The van der Waals surface area contributed by atoms with Gasteiger partial charge in [-0.05, 0) is 68.1 Å². The summed E-state index contributed by atoms with van der Waals surface area (Å²) in [7, 11) is 3.53. The number of fused-ring (bicyclic) bond motifs is 1. The van der Waals surface area contributed by atoms with Gasteiger partial charge in [-0.15, -0.1) is 0 Å². The molecule has 1 N–H and O–H groups in total. The molecule has 0 atom stereocenters. The summed E-state index contributed by atoms with van der Waals surface area (Å²) >= 11 is 6.63. The highest BCUT2D eigenvalue weighted by molar-refractivity contribution is 6.52. The first-order chi connectivity index (χ1) is 18.4. The van der Waals surface area contributed by atoms with Crippen LogP contribution in [-0.2, 0) is 17.8 Å². The Kier molecular flexibility index (Phi) is 7.77. The number of hydrogen-bond donors (Lipinski definition) is 1. The number of aromatic nitrogens is 1. The normalized spacial score (nSPS) is 18.9. The third-order valence-corrected chi connectivity index (χ3v) is 8.14. The zero-order valence-corrected chi connectivity index (χ0v) is 22.2. The third kappa shape index (κ3) is 5.05. The molecule has 1 aromatic heterocycles. The van der Waals surface area contributed by atoms with Gasteiger partial charge in [0.25, 0.3) is 5.91 Å². The van der Waals surface area contributed by atoms with Crippen molar-refractivity contribution in [2.24, 2.45) is 0 Å². The largest absolute Gasteiger partial charge is 0.496 e. The topological polar surface area (TPSA) is 54.5 Å². The number of nitrogens with one attached hydrogen (secondary N) is 1. The van der Waals surface area contributed by atoms with Gasteiger partial charge in [-0.2, -0.15) is 0 Å². The lowest BCUT2D eigenvalue weighted by atomic mass is 9.89. The quantitative estimate of drug-likeness (QED) is 0.395. The summed E-state index contributed by atoms with van der Waals surface area (Å²) in [4.78, 5) is 19.8. The molecule has 0 bridgehead atoms. The number of methoxy groups -OCH3 is 1. The van der Waals surface area contributed by atoms with Crippen molar-refractivity contribution in [2.45, 2.75) is 50.7 Å². The molecule has 2 aliphatic carbocycles. The Morgan fingerprint density at radius 1 is 1.13 bits per heavy atom. The van der Waals surface area contributed by atoms with Crippen LogP contribution in [-0.4, -0.2) is 42.0 Å². The Morgan fingerprint density at radius 3 is 2.61 bits per heavy atom. The Balaban J connectivity index is 1.52. The molecule has 1 amide bonds. The molecule has 0 spiro atoms. The summed E-state index contributed by atoms with van der Waals surface area (Å²) in [5.41, 5.74) is 3.26. The zero-order valence-electron chi connectivity index (χ0n) is 21.4. The number of halogens is 3. The highest BCUT2D eigenvalue weighted by Crippen LogP contribution is 2.40. The molecule has 198 valence electrons. The Hall–Kier alpha value is -3.29. The van der Waals surface area contributed by atoms with Crippen LogP contribution in [0.1, 0.15) is 42.4 Å². The maximum atomic E-state index is 14.6. The first kappa shape index (κ1) is 26.3. The van der Waals surface area contributed by atoms with Crippen molar-refractivity contribution in [1.29, 1.82) is 0 Å². The van der Waals surface area contributed by atoms with Crippen molar-refractivity contribution in [1.82, 2.24) is 15.2 Å². The van der Waals surface area contributed by atoms with Crippen LogP contribution in [0.5, 0.6) is 5.75 Å². The number of ether oxygens (including phenoxy) is 1. The van der Waals surface area contributed by atoms with E-state index in [9.17, 15) is 13.6 Å². The fourth-order valence-corrected chi connectivity index (χ4v) is 5.99. The van der Waals surface area contributed by atoms with Crippen molar-refractivity contribution in [2.75, 3.05) is 14.2 Å². The van der Waals surface area contributed by atoms with E-state index in [0.717, 1.165) is 31.2 Å². The van der Waals surface area contributed by atoms with Crippen LogP contribution in [0, 0.1) is 11.6 Å². The Bertz CT molecular complexity index is 1390. The van der Waals surface area contributed by atoms with Crippen LogP contribution in [0.4, 0.5) is 8.78 Å². The van der Waals surface area contributed by atoms with Crippen molar-refractivity contribution in [3.05, 3.63) is 88.8 Å². The van der Waals surface area contributed by atoms with Gasteiger partial charge in [0.1, 0.15) is 17.4 Å². The summed E-state index contributed by atoms with van der Waals surface area (Å²) in [5.74, 6) is -0.457. The summed E-state index contributed by atoms with van der Waals surface area (Å²) in [5, 5.41) is 3.51. The van der Waals surface area contributed by atoms with Crippen LogP contribution in [0.15, 0.2) is 60.4 Å². The molecular formula is C30H30ClF2N3O2. The fourth-order valence-electron chi connectivity index (χ4n) is 5.63. The van der Waals surface area contributed by atoms with E-state index in [2.05, 4.69) is 10.3 Å². The van der Waals surface area contributed by atoms with Gasteiger partial charge in [0.05, 0.1) is 18.3 Å². The van der Waals surface area contributed by atoms with Crippen LogP contribution < -0.4 is 10.1 Å². The summed E-state index contributed by atoms with van der Waals surface area (Å²) in [6.07, 6.45) is 6.53. The van der Waals surface area contributed by atoms with Crippen molar-refractivity contribution in [3.8, 4) is 16.9 Å². The number of rotatable bonds is 7. The summed E-state index contributed by atoms with van der Waals surface area (Å²) in [6, 6.07) is 12.2. The summed E-state index contributed by atoms with van der Waals surface area (Å²) < 4.78 is 34.8. The number of carbonyl (C=O) groups excluding carboxylic acids is 1. The maximum absolute atomic E-state index is 14.6. The smallest absolute Gasteiger partial charge is 0.252 e. The summed E-state index contributed by atoms with van der Waals surface area (Å²) in [6.45, 7) is 0.254. The minimum absolute atomic E-state index is 0.0244. The van der Waals surface area contributed by atoms with Gasteiger partial charge in [0.15, 0.2) is 0 Å². The molecule has 2 aromatic carbocycles. The van der Waals surface area contributed by atoms with Gasteiger partial charge in [0, 0.05) is 53.5 Å². The highest BCUT2D eigenvalue weighted by Gasteiger charge is 2.35. The molecule has 5 rings (SSSR count). The molecule has 1 saturated carbocycles. The second-order valence-corrected chi connectivity index (χ2v) is 10.2. The number of carbonyl (C=O) groups is 1. The van der Waals surface area contributed by atoms with E-state index in [1.54, 1.807) is 43.6 Å². The van der Waals surface area contributed by atoms with Crippen LogP contribution in [0.2, 0.25) is 0 Å². The van der Waals surface area contributed by atoms with Gasteiger partial charge < -0.3 is 15.0 Å². The van der Waals surface area contributed by atoms with Crippen molar-refractivity contribution < 1.29 is 18.3 Å². The van der Waals surface area contributed by atoms with Gasteiger partial charge in [-0.1, -0.05) is 29.8 Å². The van der Waals surface area contributed by atoms with E-state index in [4.69, 9.17) is 16.3 Å². The molecule has 38 heavy (non-hydrogen) atoms. The predicted molar refractivity (Wildman–Crippen MR) is 145 cm³/mol. The molecule has 0 unspecified atom stereocenters. The Morgan fingerprint density at radius 2 is 1.92 bits per heavy atom. The molecule has 8 heteroatoms. The van der Waals surface area contributed by atoms with Gasteiger partial charge in [-0.25, -0.2) is 8.78 Å². The number of benzene rings is 2.